The van der Waals surface area contributed by atoms with E-state index in [1.165, 1.54) is 24.3 Å². The van der Waals surface area contributed by atoms with Crippen molar-refractivity contribution in [3.8, 4) is 0 Å². The van der Waals surface area contributed by atoms with Gasteiger partial charge >= 0.3 is 5.97 Å². The first-order valence-electron chi connectivity index (χ1n) is 8.21. The molecule has 7 heteroatoms. The Bertz CT molecular complexity index is 917. The third-order valence-corrected chi connectivity index (χ3v) is 6.83. The molecule has 0 saturated heterocycles. The number of nitrogens with one attached hydrogen (secondary N) is 1. The number of carbonyl (C=O) groups is 1. The first-order chi connectivity index (χ1) is 13.0. The van der Waals surface area contributed by atoms with Gasteiger partial charge in [0.25, 0.3) is 0 Å². The van der Waals surface area contributed by atoms with Crippen molar-refractivity contribution < 1.29 is 24.5 Å². The van der Waals surface area contributed by atoms with Gasteiger partial charge in [0, 0.05) is 22.7 Å². The predicted octanol–water partition coefficient (Wildman–Crippen LogP) is 2.22. The molecule has 3 rings (SSSR count). The summed E-state index contributed by atoms with van der Waals surface area (Å²) in [6.45, 7) is 0. The number of hydrogen-bond acceptors (Lipinski definition) is 5. The second-order valence-electron chi connectivity index (χ2n) is 5.86. The summed E-state index contributed by atoms with van der Waals surface area (Å²) in [5, 5.41) is 20.2. The lowest BCUT2D eigenvalue weighted by Crippen LogP contribution is -2.99. The molecule has 138 valence electrons. The zero-order valence-electron chi connectivity index (χ0n) is 14.3. The van der Waals surface area contributed by atoms with Crippen LogP contribution in [0.4, 0.5) is 5.69 Å². The Balaban J connectivity index is 1.87. The van der Waals surface area contributed by atoms with Crippen LogP contribution in [0.1, 0.15) is 10.4 Å². The van der Waals surface area contributed by atoms with E-state index in [9.17, 15) is 14.6 Å². The molecule has 0 spiro atoms. The maximum atomic E-state index is 13.8. The molecule has 0 fully saturated rings. The molecule has 1 atom stereocenters. The fourth-order valence-electron chi connectivity index (χ4n) is 2.65. The molecule has 0 aliphatic heterocycles. The zero-order chi connectivity index (χ0) is 19.3. The number of esters is 1. The monoisotopic (exact) mass is 383 g/mol. The number of ether oxygens (including phenoxy) is 1. The van der Waals surface area contributed by atoms with Gasteiger partial charge in [-0.2, -0.15) is 5.23 Å². The minimum Gasteiger partial charge on any atom is -0.595 e. The van der Waals surface area contributed by atoms with E-state index in [0.717, 1.165) is 0 Å². The van der Waals surface area contributed by atoms with Gasteiger partial charge in [-0.05, 0) is 6.07 Å². The average molecular weight is 383 g/mol. The summed E-state index contributed by atoms with van der Waals surface area (Å²) in [6, 6.07) is 23.3. The number of benzene rings is 3. The van der Waals surface area contributed by atoms with Crippen LogP contribution in [0.3, 0.4) is 0 Å². The molecule has 1 unspecified atom stereocenters. The summed E-state index contributed by atoms with van der Waals surface area (Å²) in [5.74, 6) is -0.717. The molecule has 0 amide bonds. The highest BCUT2D eigenvalue weighted by atomic mass is 31.2. The summed E-state index contributed by atoms with van der Waals surface area (Å²) < 4.78 is 19.1. The van der Waals surface area contributed by atoms with E-state index in [1.54, 1.807) is 48.5 Å². The minimum atomic E-state index is -3.19. The summed E-state index contributed by atoms with van der Waals surface area (Å²) in [4.78, 5) is 12.4. The van der Waals surface area contributed by atoms with Crippen LogP contribution < -0.4 is 15.8 Å². The lowest BCUT2D eigenvalue weighted by atomic mass is 10.2. The van der Waals surface area contributed by atoms with Crippen molar-refractivity contribution in [2.75, 3.05) is 6.35 Å². The fourth-order valence-corrected chi connectivity index (χ4v) is 4.85. The third kappa shape index (κ3) is 4.32. The molecule has 0 bridgehead atoms. The Morgan fingerprint density at radius 1 is 0.926 bits per heavy atom. The van der Waals surface area contributed by atoms with Crippen LogP contribution in [-0.2, 0) is 9.30 Å². The molecule has 3 aromatic rings. The second kappa shape index (κ2) is 8.29. The summed E-state index contributed by atoms with van der Waals surface area (Å²) in [7, 11) is -3.19. The third-order valence-electron chi connectivity index (χ3n) is 4.07. The van der Waals surface area contributed by atoms with E-state index in [0.29, 0.717) is 10.6 Å². The molecule has 2 N–H and O–H groups in total. The van der Waals surface area contributed by atoms with Gasteiger partial charge in [-0.25, -0.2) is 10.0 Å². The van der Waals surface area contributed by atoms with Gasteiger partial charge in [0.05, 0.1) is 5.56 Å². The van der Waals surface area contributed by atoms with Crippen LogP contribution in [0, 0.1) is 5.21 Å². The van der Waals surface area contributed by atoms with Crippen LogP contribution in [0.5, 0.6) is 0 Å². The first-order valence-corrected chi connectivity index (χ1v) is 10.1. The lowest BCUT2D eigenvalue weighted by molar-refractivity contribution is -0.991. The molecule has 27 heavy (non-hydrogen) atoms. The van der Waals surface area contributed by atoms with Gasteiger partial charge in [-0.3, -0.25) is 0 Å². The van der Waals surface area contributed by atoms with Crippen LogP contribution in [-0.4, -0.2) is 17.5 Å². The standard InChI is InChI=1S/C20H18NO5P/c22-20(16-8-7-9-17(14-16)21(23)24)26-15-27(25,18-10-3-1-4-11-18)19-12-5-2-6-13-19/h1-14,21,23H,15H2. The Morgan fingerprint density at radius 2 is 1.48 bits per heavy atom. The normalized spacial score (nSPS) is 12.4. The molecule has 0 aliphatic rings. The molecule has 0 radical (unpaired) electrons. The highest BCUT2D eigenvalue weighted by Gasteiger charge is 2.29. The van der Waals surface area contributed by atoms with Crippen molar-refractivity contribution in [1.29, 1.82) is 0 Å². The summed E-state index contributed by atoms with van der Waals surface area (Å²) in [5.41, 5.74) is 0.0846. The highest BCUT2D eigenvalue weighted by Crippen LogP contribution is 2.43. The molecule has 3 aromatic carbocycles. The van der Waals surface area contributed by atoms with E-state index in [1.807, 2.05) is 12.1 Å². The van der Waals surface area contributed by atoms with Crippen LogP contribution in [0.15, 0.2) is 84.9 Å². The number of quaternary nitrogens is 1. The highest BCUT2D eigenvalue weighted by molar-refractivity contribution is 7.78. The van der Waals surface area contributed by atoms with E-state index in [4.69, 9.17) is 9.94 Å². The number of carbonyl (C=O) groups excluding carboxylic acids is 1. The van der Waals surface area contributed by atoms with Gasteiger partial charge in [0.15, 0.2) is 19.2 Å². The van der Waals surface area contributed by atoms with Gasteiger partial charge in [0.1, 0.15) is 0 Å². The lowest BCUT2D eigenvalue weighted by Gasteiger charge is -2.19. The van der Waals surface area contributed by atoms with E-state index >= 15 is 0 Å². The summed E-state index contributed by atoms with van der Waals surface area (Å²) >= 11 is 0. The fraction of sp³-hybridized carbons (Fsp3) is 0.0500. The van der Waals surface area contributed by atoms with Crippen molar-refractivity contribution in [2.45, 2.75) is 0 Å². The van der Waals surface area contributed by atoms with Crippen molar-refractivity contribution in [2.24, 2.45) is 0 Å². The predicted molar refractivity (Wildman–Crippen MR) is 102 cm³/mol. The maximum absolute atomic E-state index is 13.8. The largest absolute Gasteiger partial charge is 0.595 e. The minimum absolute atomic E-state index is 0.0150. The van der Waals surface area contributed by atoms with Crippen LogP contribution >= 0.6 is 7.14 Å². The van der Waals surface area contributed by atoms with Gasteiger partial charge < -0.3 is 14.5 Å². The zero-order valence-corrected chi connectivity index (χ0v) is 15.2. The molecular formula is C20H18NO5P. The topological polar surface area (TPSA) is 91.1 Å². The Labute approximate surface area is 156 Å². The van der Waals surface area contributed by atoms with Gasteiger partial charge in [0.2, 0.25) is 0 Å². The maximum Gasteiger partial charge on any atom is 0.338 e. The Morgan fingerprint density at radius 3 is 2.00 bits per heavy atom. The van der Waals surface area contributed by atoms with E-state index in [2.05, 4.69) is 0 Å². The number of hydrogen-bond donors (Lipinski definition) is 2. The van der Waals surface area contributed by atoms with Crippen LogP contribution in [0.25, 0.3) is 0 Å². The molecule has 0 aromatic heterocycles. The Kier molecular flexibility index (Phi) is 5.84. The first kappa shape index (κ1) is 19.0. The van der Waals surface area contributed by atoms with Crippen molar-refractivity contribution in [3.05, 3.63) is 95.7 Å². The molecule has 6 nitrogen and oxygen atoms in total. The molecule has 0 aliphatic carbocycles. The van der Waals surface area contributed by atoms with Gasteiger partial charge in [-0.15, -0.1) is 0 Å². The average Bonchev–Trinajstić information content (AvgIpc) is 2.73. The van der Waals surface area contributed by atoms with Gasteiger partial charge in [-0.1, -0.05) is 66.7 Å². The van der Waals surface area contributed by atoms with Crippen molar-refractivity contribution >= 4 is 29.4 Å². The number of rotatable bonds is 6. The van der Waals surface area contributed by atoms with E-state index < -0.39 is 18.3 Å². The van der Waals surface area contributed by atoms with Crippen LogP contribution in [0.2, 0.25) is 0 Å². The smallest absolute Gasteiger partial charge is 0.338 e. The van der Waals surface area contributed by atoms with E-state index in [-0.39, 0.29) is 17.6 Å². The van der Waals surface area contributed by atoms with Crippen molar-refractivity contribution in [1.82, 2.24) is 0 Å². The Hall–Kier alpha value is -2.76. The quantitative estimate of drug-likeness (QED) is 0.387. The summed E-state index contributed by atoms with van der Waals surface area (Å²) in [6.07, 6.45) is -0.308. The van der Waals surface area contributed by atoms with Crippen molar-refractivity contribution in [3.63, 3.8) is 0 Å². The SMILES string of the molecule is O=C(OCP(=O)(c1ccccc1)c1ccccc1)c1cccc([NH+]([O-])O)c1. The molecule has 0 saturated carbocycles. The second-order valence-corrected chi connectivity index (χ2v) is 8.63. The molecule has 0 heterocycles. The molecular weight excluding hydrogens is 365 g/mol.